The van der Waals surface area contributed by atoms with Gasteiger partial charge >= 0.3 is 0 Å². The lowest BCUT2D eigenvalue weighted by atomic mass is 10.1. The molecule has 6 nitrogen and oxygen atoms in total. The monoisotopic (exact) mass is 253 g/mol. The molecule has 0 aromatic carbocycles. The number of likely N-dealkylation sites (N-methyl/N-ethyl adjacent to an activating group) is 1. The van der Waals surface area contributed by atoms with Gasteiger partial charge in [0, 0.05) is 6.07 Å². The maximum absolute atomic E-state index is 11.8. The molecule has 0 atom stereocenters. The van der Waals surface area contributed by atoms with Crippen LogP contribution in [0.1, 0.15) is 30.8 Å². The minimum atomic E-state index is -0.518. The summed E-state index contributed by atoms with van der Waals surface area (Å²) in [6, 6.07) is 1.28. The molecular weight excluding hydrogens is 234 g/mol. The van der Waals surface area contributed by atoms with Crippen molar-refractivity contribution in [3.05, 3.63) is 28.1 Å². The summed E-state index contributed by atoms with van der Waals surface area (Å²) >= 11 is 0. The number of nitrogens with zero attached hydrogens (tertiary/aromatic N) is 2. The Morgan fingerprint density at radius 1 is 1.56 bits per heavy atom. The zero-order chi connectivity index (χ0) is 13.7. The van der Waals surface area contributed by atoms with Gasteiger partial charge in [-0.25, -0.2) is 0 Å². The molecule has 0 fully saturated rings. The summed E-state index contributed by atoms with van der Waals surface area (Å²) in [5.41, 5.74) is 0.210. The van der Waals surface area contributed by atoms with Crippen LogP contribution in [0.25, 0.3) is 0 Å². The van der Waals surface area contributed by atoms with Gasteiger partial charge in [0.1, 0.15) is 0 Å². The number of H-pyrrole nitrogens is 1. The summed E-state index contributed by atoms with van der Waals surface area (Å²) < 4.78 is 0. The number of rotatable bonds is 7. The van der Waals surface area contributed by atoms with Crippen molar-refractivity contribution in [3.63, 3.8) is 0 Å². The average molecular weight is 253 g/mol. The Morgan fingerprint density at radius 3 is 2.72 bits per heavy atom. The number of Topliss-reactive ketones (excluding diaryl/α,β-unsaturated/α-hetero) is 1. The van der Waals surface area contributed by atoms with Crippen molar-refractivity contribution >= 4 is 11.5 Å². The zero-order valence-corrected chi connectivity index (χ0v) is 11.0. The molecule has 1 rings (SSSR count). The van der Waals surface area contributed by atoms with E-state index in [1.807, 2.05) is 11.9 Å². The number of aromatic amines is 1. The smallest absolute Gasteiger partial charge is 0.287 e. The van der Waals surface area contributed by atoms with Crippen LogP contribution < -0.4 is 0 Å². The van der Waals surface area contributed by atoms with Crippen LogP contribution in [0.15, 0.2) is 12.3 Å². The fourth-order valence-electron chi connectivity index (χ4n) is 1.54. The highest BCUT2D eigenvalue weighted by Gasteiger charge is 2.15. The van der Waals surface area contributed by atoms with Crippen LogP contribution in [-0.4, -0.2) is 40.7 Å². The van der Waals surface area contributed by atoms with E-state index in [2.05, 4.69) is 18.8 Å². The molecular formula is C12H19N3O3. The van der Waals surface area contributed by atoms with Crippen LogP contribution in [0.5, 0.6) is 0 Å². The number of hydrogen-bond donors (Lipinski definition) is 1. The summed E-state index contributed by atoms with van der Waals surface area (Å²) in [4.78, 5) is 26.4. The average Bonchev–Trinajstić information content (AvgIpc) is 2.75. The Balaban J connectivity index is 2.51. The first-order chi connectivity index (χ1) is 8.40. The first-order valence-corrected chi connectivity index (χ1v) is 5.94. The second-order valence-corrected chi connectivity index (χ2v) is 4.87. The lowest BCUT2D eigenvalue weighted by Crippen LogP contribution is -2.27. The molecule has 0 amide bonds. The Morgan fingerprint density at radius 2 is 2.22 bits per heavy atom. The van der Waals surface area contributed by atoms with E-state index in [1.54, 1.807) is 0 Å². The highest BCUT2D eigenvalue weighted by atomic mass is 16.6. The van der Waals surface area contributed by atoms with E-state index in [-0.39, 0.29) is 23.7 Å². The van der Waals surface area contributed by atoms with E-state index >= 15 is 0 Å². The quantitative estimate of drug-likeness (QED) is 0.458. The van der Waals surface area contributed by atoms with Gasteiger partial charge in [-0.2, -0.15) is 0 Å². The Hall–Kier alpha value is -1.69. The molecule has 0 unspecified atom stereocenters. The van der Waals surface area contributed by atoms with E-state index in [9.17, 15) is 14.9 Å². The number of aromatic nitrogens is 1. The number of nitrogens with one attached hydrogen (secondary N) is 1. The van der Waals surface area contributed by atoms with Crippen LogP contribution >= 0.6 is 0 Å². The highest BCUT2D eigenvalue weighted by Crippen LogP contribution is 2.13. The molecule has 0 saturated carbocycles. The van der Waals surface area contributed by atoms with Crippen molar-refractivity contribution < 1.29 is 9.72 Å². The molecule has 100 valence electrons. The first kappa shape index (κ1) is 14.4. The maximum Gasteiger partial charge on any atom is 0.287 e. The van der Waals surface area contributed by atoms with Crippen molar-refractivity contribution in [2.75, 3.05) is 20.1 Å². The SMILES string of the molecule is CC(C)CCN(C)CC(=O)c1cc([N+](=O)[O-])c[nH]1. The molecule has 1 aromatic heterocycles. The zero-order valence-electron chi connectivity index (χ0n) is 11.0. The van der Waals surface area contributed by atoms with Gasteiger partial charge in [-0.15, -0.1) is 0 Å². The van der Waals surface area contributed by atoms with E-state index in [0.717, 1.165) is 13.0 Å². The largest absolute Gasteiger partial charge is 0.353 e. The van der Waals surface area contributed by atoms with Crippen molar-refractivity contribution in [2.24, 2.45) is 5.92 Å². The van der Waals surface area contributed by atoms with E-state index in [4.69, 9.17) is 0 Å². The Labute approximate surface area is 106 Å². The van der Waals surface area contributed by atoms with Gasteiger partial charge in [-0.3, -0.25) is 19.8 Å². The third-order valence-corrected chi connectivity index (χ3v) is 2.68. The van der Waals surface area contributed by atoms with Gasteiger partial charge in [0.05, 0.1) is 23.4 Å². The van der Waals surface area contributed by atoms with Crippen LogP contribution in [0, 0.1) is 16.0 Å². The predicted molar refractivity (Wildman–Crippen MR) is 68.7 cm³/mol. The van der Waals surface area contributed by atoms with E-state index in [0.29, 0.717) is 5.92 Å². The molecule has 18 heavy (non-hydrogen) atoms. The Kier molecular flexibility index (Phi) is 5.03. The van der Waals surface area contributed by atoms with Crippen molar-refractivity contribution in [3.8, 4) is 0 Å². The molecule has 0 aliphatic heterocycles. The van der Waals surface area contributed by atoms with Crippen molar-refractivity contribution in [2.45, 2.75) is 20.3 Å². The standard InChI is InChI=1S/C12H19N3O3/c1-9(2)4-5-14(3)8-12(16)11-6-10(7-13-11)15(17)18/h6-7,9,13H,4-5,8H2,1-3H3. The fourth-order valence-corrected chi connectivity index (χ4v) is 1.54. The molecule has 1 heterocycles. The van der Waals surface area contributed by atoms with Gasteiger partial charge < -0.3 is 4.98 Å². The Bertz CT molecular complexity index is 426. The van der Waals surface area contributed by atoms with Gasteiger partial charge in [-0.1, -0.05) is 13.8 Å². The molecule has 1 N–H and O–H groups in total. The summed E-state index contributed by atoms with van der Waals surface area (Å²) in [6.45, 7) is 5.37. The minimum absolute atomic E-state index is 0.0804. The number of carbonyl (C=O) groups is 1. The summed E-state index contributed by atoms with van der Waals surface area (Å²) in [5, 5.41) is 10.5. The molecule has 0 bridgehead atoms. The van der Waals surface area contributed by atoms with Crippen molar-refractivity contribution in [1.82, 2.24) is 9.88 Å². The van der Waals surface area contributed by atoms with E-state index in [1.165, 1.54) is 12.3 Å². The lowest BCUT2D eigenvalue weighted by Gasteiger charge is -2.16. The molecule has 0 aliphatic rings. The van der Waals surface area contributed by atoms with E-state index < -0.39 is 4.92 Å². The van der Waals surface area contributed by atoms with Crippen LogP contribution in [0.4, 0.5) is 5.69 Å². The van der Waals surface area contributed by atoms with Gasteiger partial charge in [0.25, 0.3) is 5.69 Å². The molecule has 0 spiro atoms. The molecule has 0 radical (unpaired) electrons. The normalized spacial score (nSPS) is 11.2. The van der Waals surface area contributed by atoms with Gasteiger partial charge in [0.15, 0.2) is 5.78 Å². The van der Waals surface area contributed by atoms with Crippen molar-refractivity contribution in [1.29, 1.82) is 0 Å². The third kappa shape index (κ3) is 4.29. The lowest BCUT2D eigenvalue weighted by molar-refractivity contribution is -0.384. The van der Waals surface area contributed by atoms with Crippen LogP contribution in [0.2, 0.25) is 0 Å². The van der Waals surface area contributed by atoms with Gasteiger partial charge in [0.2, 0.25) is 0 Å². The number of carbonyl (C=O) groups excluding carboxylic acids is 1. The minimum Gasteiger partial charge on any atom is -0.353 e. The number of nitro groups is 1. The summed E-state index contributed by atoms with van der Waals surface area (Å²) in [5.74, 6) is 0.462. The van der Waals surface area contributed by atoms with Crippen LogP contribution in [-0.2, 0) is 0 Å². The topological polar surface area (TPSA) is 79.2 Å². The second kappa shape index (κ2) is 6.30. The highest BCUT2D eigenvalue weighted by molar-refractivity contribution is 5.96. The number of hydrogen-bond acceptors (Lipinski definition) is 4. The fraction of sp³-hybridized carbons (Fsp3) is 0.583. The molecule has 6 heteroatoms. The summed E-state index contributed by atoms with van der Waals surface area (Å²) in [6.07, 6.45) is 2.26. The molecule has 0 saturated heterocycles. The maximum atomic E-state index is 11.8. The second-order valence-electron chi connectivity index (χ2n) is 4.87. The third-order valence-electron chi connectivity index (χ3n) is 2.68. The summed E-state index contributed by atoms with van der Waals surface area (Å²) in [7, 11) is 1.87. The molecule has 0 aliphatic carbocycles. The number of ketones is 1. The van der Waals surface area contributed by atoms with Gasteiger partial charge in [-0.05, 0) is 25.9 Å². The van der Waals surface area contributed by atoms with Crippen LogP contribution in [0.3, 0.4) is 0 Å². The predicted octanol–water partition coefficient (Wildman–Crippen LogP) is 2.08. The first-order valence-electron chi connectivity index (χ1n) is 5.94. The molecule has 1 aromatic rings.